The average Bonchev–Trinajstić information content (AvgIpc) is 2.32. The van der Waals surface area contributed by atoms with Gasteiger partial charge in [0, 0.05) is 15.7 Å². The maximum Gasteiger partial charge on any atom is 0.128 e. The van der Waals surface area contributed by atoms with Crippen molar-refractivity contribution in [3.8, 4) is 0 Å². The summed E-state index contributed by atoms with van der Waals surface area (Å²) in [5.41, 5.74) is 1.16. The van der Waals surface area contributed by atoms with Crippen LogP contribution in [0.1, 0.15) is 18.5 Å². The minimum absolute atomic E-state index is 0.310. The summed E-state index contributed by atoms with van der Waals surface area (Å²) in [6.07, 6.45) is 0. The van der Waals surface area contributed by atoms with Crippen molar-refractivity contribution in [3.05, 3.63) is 64.1 Å². The van der Waals surface area contributed by atoms with Gasteiger partial charge in [0.1, 0.15) is 11.6 Å². The van der Waals surface area contributed by atoms with Crippen molar-refractivity contribution in [2.24, 2.45) is 0 Å². The lowest BCUT2D eigenvalue weighted by Gasteiger charge is -2.16. The zero-order valence-electron chi connectivity index (χ0n) is 9.75. The lowest BCUT2D eigenvalue weighted by atomic mass is 10.1. The molecular weight excluding hydrogens is 300 g/mol. The van der Waals surface area contributed by atoms with Crippen molar-refractivity contribution >= 4 is 21.6 Å². The van der Waals surface area contributed by atoms with E-state index in [4.69, 9.17) is 0 Å². The van der Waals surface area contributed by atoms with Gasteiger partial charge in [-0.15, -0.1) is 0 Å². The molecule has 0 bridgehead atoms. The minimum Gasteiger partial charge on any atom is -0.378 e. The smallest absolute Gasteiger partial charge is 0.128 e. The summed E-state index contributed by atoms with van der Waals surface area (Å²) in [5, 5.41) is 3.13. The molecule has 0 saturated heterocycles. The van der Waals surface area contributed by atoms with Crippen LogP contribution in [0.2, 0.25) is 0 Å². The van der Waals surface area contributed by atoms with Crippen molar-refractivity contribution in [3.63, 3.8) is 0 Å². The number of benzene rings is 2. The highest BCUT2D eigenvalue weighted by Gasteiger charge is 2.11. The third kappa shape index (κ3) is 3.07. The molecule has 4 heteroatoms. The van der Waals surface area contributed by atoms with Gasteiger partial charge in [0.15, 0.2) is 0 Å². The van der Waals surface area contributed by atoms with Gasteiger partial charge < -0.3 is 5.32 Å². The fourth-order valence-corrected chi connectivity index (χ4v) is 2.15. The van der Waals surface area contributed by atoms with Crippen LogP contribution in [0, 0.1) is 11.6 Å². The first-order valence-electron chi connectivity index (χ1n) is 5.53. The second kappa shape index (κ2) is 5.48. The Hall–Kier alpha value is -1.42. The molecule has 0 aliphatic heterocycles. The SMILES string of the molecule is CC(Nc1cccc(Br)c1)c1cc(F)ccc1F. The van der Waals surface area contributed by atoms with Crippen LogP contribution >= 0.6 is 15.9 Å². The molecule has 0 aromatic heterocycles. The molecule has 0 saturated carbocycles. The van der Waals surface area contributed by atoms with Crippen molar-refractivity contribution < 1.29 is 8.78 Å². The molecule has 1 nitrogen and oxygen atoms in total. The van der Waals surface area contributed by atoms with Crippen molar-refractivity contribution in [2.75, 3.05) is 5.32 Å². The van der Waals surface area contributed by atoms with E-state index in [0.29, 0.717) is 5.56 Å². The van der Waals surface area contributed by atoms with E-state index in [1.54, 1.807) is 6.92 Å². The molecule has 0 fully saturated rings. The van der Waals surface area contributed by atoms with Crippen LogP contribution in [0.15, 0.2) is 46.9 Å². The Balaban J connectivity index is 2.21. The average molecular weight is 312 g/mol. The minimum atomic E-state index is -0.436. The third-order valence-corrected chi connectivity index (χ3v) is 3.13. The van der Waals surface area contributed by atoms with Crippen LogP contribution in [0.4, 0.5) is 14.5 Å². The quantitative estimate of drug-likeness (QED) is 0.850. The van der Waals surface area contributed by atoms with E-state index in [0.717, 1.165) is 22.3 Å². The van der Waals surface area contributed by atoms with E-state index in [1.165, 1.54) is 6.07 Å². The standard InChI is InChI=1S/C14H12BrF2N/c1-9(13-8-11(16)5-6-14(13)17)18-12-4-2-3-10(15)7-12/h2-9,18H,1H3. The molecule has 0 aliphatic rings. The largest absolute Gasteiger partial charge is 0.378 e. The van der Waals surface area contributed by atoms with Crippen LogP contribution in [0.5, 0.6) is 0 Å². The summed E-state index contributed by atoms with van der Waals surface area (Å²) in [5.74, 6) is -0.847. The van der Waals surface area contributed by atoms with Crippen LogP contribution in [0.25, 0.3) is 0 Å². The summed E-state index contributed by atoms with van der Waals surface area (Å²) in [7, 11) is 0. The van der Waals surface area contributed by atoms with Crippen molar-refractivity contribution in [1.82, 2.24) is 0 Å². The Morgan fingerprint density at radius 1 is 1.11 bits per heavy atom. The molecule has 0 amide bonds. The predicted octanol–water partition coefficient (Wildman–Crippen LogP) is 4.90. The fourth-order valence-electron chi connectivity index (χ4n) is 1.75. The number of halogens is 3. The van der Waals surface area contributed by atoms with E-state index in [-0.39, 0.29) is 6.04 Å². The number of nitrogens with one attached hydrogen (secondary N) is 1. The van der Waals surface area contributed by atoms with Gasteiger partial charge in [-0.05, 0) is 43.3 Å². The molecule has 2 aromatic carbocycles. The maximum atomic E-state index is 13.6. The molecule has 2 aromatic rings. The Labute approximate surface area is 113 Å². The van der Waals surface area contributed by atoms with Gasteiger partial charge >= 0.3 is 0 Å². The normalized spacial score (nSPS) is 12.2. The van der Waals surface area contributed by atoms with E-state index in [1.807, 2.05) is 24.3 Å². The molecule has 0 spiro atoms. The van der Waals surface area contributed by atoms with E-state index in [9.17, 15) is 8.78 Å². The van der Waals surface area contributed by atoms with Gasteiger partial charge in [-0.2, -0.15) is 0 Å². The summed E-state index contributed by atoms with van der Waals surface area (Å²) in [6.45, 7) is 1.79. The molecule has 1 unspecified atom stereocenters. The highest BCUT2D eigenvalue weighted by molar-refractivity contribution is 9.10. The van der Waals surface area contributed by atoms with Crippen molar-refractivity contribution in [1.29, 1.82) is 0 Å². The van der Waals surface area contributed by atoms with E-state index >= 15 is 0 Å². The maximum absolute atomic E-state index is 13.6. The van der Waals surface area contributed by atoms with Crippen LogP contribution in [-0.2, 0) is 0 Å². The molecule has 1 atom stereocenters. The molecule has 2 rings (SSSR count). The summed E-state index contributed by atoms with van der Waals surface area (Å²) in [6, 6.07) is 10.7. The van der Waals surface area contributed by atoms with Crippen LogP contribution < -0.4 is 5.32 Å². The van der Waals surface area contributed by atoms with Gasteiger partial charge in [0.25, 0.3) is 0 Å². The van der Waals surface area contributed by atoms with Gasteiger partial charge in [-0.3, -0.25) is 0 Å². The second-order valence-corrected chi connectivity index (χ2v) is 4.96. The van der Waals surface area contributed by atoms with Gasteiger partial charge in [-0.25, -0.2) is 8.78 Å². The zero-order valence-corrected chi connectivity index (χ0v) is 11.3. The number of rotatable bonds is 3. The molecular formula is C14H12BrF2N. The molecule has 18 heavy (non-hydrogen) atoms. The Bertz CT molecular complexity index is 557. The second-order valence-electron chi connectivity index (χ2n) is 4.04. The topological polar surface area (TPSA) is 12.0 Å². The first-order chi connectivity index (χ1) is 8.56. The summed E-state index contributed by atoms with van der Waals surface area (Å²) in [4.78, 5) is 0. The molecule has 0 radical (unpaired) electrons. The van der Waals surface area contributed by atoms with Gasteiger partial charge in [0.05, 0.1) is 6.04 Å². The van der Waals surface area contributed by atoms with E-state index < -0.39 is 11.6 Å². The van der Waals surface area contributed by atoms with Crippen LogP contribution in [0.3, 0.4) is 0 Å². The lowest BCUT2D eigenvalue weighted by Crippen LogP contribution is -2.09. The Morgan fingerprint density at radius 2 is 1.89 bits per heavy atom. The number of hydrogen-bond donors (Lipinski definition) is 1. The first kappa shape index (κ1) is 13.0. The predicted molar refractivity (Wildman–Crippen MR) is 72.5 cm³/mol. The first-order valence-corrected chi connectivity index (χ1v) is 6.32. The zero-order chi connectivity index (χ0) is 13.1. The number of anilines is 1. The Morgan fingerprint density at radius 3 is 2.61 bits per heavy atom. The van der Waals surface area contributed by atoms with Crippen LogP contribution in [-0.4, -0.2) is 0 Å². The molecule has 94 valence electrons. The number of hydrogen-bond acceptors (Lipinski definition) is 1. The van der Waals surface area contributed by atoms with Gasteiger partial charge in [0.2, 0.25) is 0 Å². The molecule has 0 heterocycles. The summed E-state index contributed by atoms with van der Waals surface area (Å²) < 4.78 is 27.6. The third-order valence-electron chi connectivity index (χ3n) is 2.63. The van der Waals surface area contributed by atoms with E-state index in [2.05, 4.69) is 21.2 Å². The fraction of sp³-hybridized carbons (Fsp3) is 0.143. The highest BCUT2D eigenvalue weighted by atomic mass is 79.9. The van der Waals surface area contributed by atoms with Crippen molar-refractivity contribution in [2.45, 2.75) is 13.0 Å². The lowest BCUT2D eigenvalue weighted by molar-refractivity contribution is 0.577. The monoisotopic (exact) mass is 311 g/mol. The molecule has 1 N–H and O–H groups in total. The Kier molecular flexibility index (Phi) is 3.97. The highest BCUT2D eigenvalue weighted by Crippen LogP contribution is 2.24. The van der Waals surface area contributed by atoms with Gasteiger partial charge in [-0.1, -0.05) is 22.0 Å². The summed E-state index contributed by atoms with van der Waals surface area (Å²) >= 11 is 3.36. The molecule has 0 aliphatic carbocycles.